The van der Waals surface area contributed by atoms with Gasteiger partial charge in [-0.15, -0.1) is 0 Å². The van der Waals surface area contributed by atoms with E-state index in [1.807, 2.05) is 36.4 Å². The number of aromatic amines is 1. The van der Waals surface area contributed by atoms with Crippen LogP contribution < -0.4 is 15.6 Å². The molecule has 4 nitrogen and oxygen atoms in total. The van der Waals surface area contributed by atoms with Crippen LogP contribution in [-0.2, 0) is 0 Å². The first kappa shape index (κ1) is 10.3. The van der Waals surface area contributed by atoms with Gasteiger partial charge in [0.25, 0.3) is 5.88 Å². The zero-order valence-corrected chi connectivity index (χ0v) is 10.3. The summed E-state index contributed by atoms with van der Waals surface area (Å²) in [5, 5.41) is 6.78. The van der Waals surface area contributed by atoms with E-state index in [1.54, 1.807) is 0 Å². The average molecular weight is 249 g/mol. The Balaban J connectivity index is 2.16. The normalized spacial score (nSPS) is 12.7. The van der Waals surface area contributed by atoms with Gasteiger partial charge in [0, 0.05) is 5.39 Å². The van der Waals surface area contributed by atoms with Crippen LogP contribution >= 0.6 is 0 Å². The second-order valence-corrected chi connectivity index (χ2v) is 4.58. The molecule has 0 unspecified atom stereocenters. The molecule has 0 bridgehead atoms. The highest BCUT2D eigenvalue weighted by Crippen LogP contribution is 2.37. The van der Waals surface area contributed by atoms with Crippen LogP contribution in [0.1, 0.15) is 5.56 Å². The molecule has 0 saturated carbocycles. The number of hydrogen-bond acceptors (Lipinski definition) is 3. The van der Waals surface area contributed by atoms with E-state index in [4.69, 9.17) is 9.83 Å². The summed E-state index contributed by atoms with van der Waals surface area (Å²) in [6, 6.07) is 13.8. The zero-order valence-electron chi connectivity index (χ0n) is 10.3. The number of aryl methyl sites for hydroxylation is 1. The van der Waals surface area contributed by atoms with Gasteiger partial charge in [0.1, 0.15) is 11.0 Å². The Morgan fingerprint density at radius 3 is 2.74 bits per heavy atom. The third-order valence-electron chi connectivity index (χ3n) is 3.32. The molecule has 0 amide bonds. The van der Waals surface area contributed by atoms with Crippen LogP contribution in [0, 0.1) is 6.92 Å². The minimum atomic E-state index is 0.598. The largest absolute Gasteiger partial charge is 0.336 e. The Morgan fingerprint density at radius 1 is 1.00 bits per heavy atom. The predicted octanol–water partition coefficient (Wildman–Crippen LogP) is 2.35. The molecular weight excluding hydrogens is 238 g/mol. The van der Waals surface area contributed by atoms with E-state index in [-0.39, 0.29) is 0 Å². The molecular formula is C15H11N3O. The third-order valence-corrected chi connectivity index (χ3v) is 3.32. The predicted molar refractivity (Wildman–Crippen MR) is 72.1 cm³/mol. The van der Waals surface area contributed by atoms with Crippen molar-refractivity contribution in [2.75, 3.05) is 0 Å². The number of nitrogens with zero attached hydrogens (tertiary/aromatic N) is 2. The maximum Gasteiger partial charge on any atom is 0.254 e. The van der Waals surface area contributed by atoms with Crippen LogP contribution in [0.25, 0.3) is 10.9 Å². The van der Waals surface area contributed by atoms with Gasteiger partial charge in [-0.3, -0.25) is 0 Å². The van der Waals surface area contributed by atoms with E-state index in [2.05, 4.69) is 23.1 Å². The van der Waals surface area contributed by atoms with Gasteiger partial charge >= 0.3 is 0 Å². The average Bonchev–Trinajstić information content (AvgIpc) is 2.67. The van der Waals surface area contributed by atoms with E-state index in [9.17, 15) is 0 Å². The van der Waals surface area contributed by atoms with Crippen molar-refractivity contribution in [3.63, 3.8) is 0 Å². The van der Waals surface area contributed by atoms with Crippen molar-refractivity contribution in [1.82, 2.24) is 4.98 Å². The number of aromatic nitrogens is 1. The van der Waals surface area contributed by atoms with Crippen molar-refractivity contribution in [2.45, 2.75) is 6.92 Å². The molecule has 0 saturated heterocycles. The van der Waals surface area contributed by atoms with E-state index in [1.165, 1.54) is 5.56 Å². The van der Waals surface area contributed by atoms with Crippen molar-refractivity contribution in [1.29, 1.82) is 0 Å². The summed E-state index contributed by atoms with van der Waals surface area (Å²) in [6.45, 7) is 2.07. The Bertz CT molecular complexity index is 909. The lowest BCUT2D eigenvalue weighted by atomic mass is 10.1. The van der Waals surface area contributed by atoms with Crippen LogP contribution in [0.15, 0.2) is 52.6 Å². The standard InChI is InChI=1S/C15H11N3O/c1-9-5-4-8-12-13(9)14-15(17-12)19-18-11-7-3-2-6-10(11)16-14/h2-8,17H,1H3. The van der Waals surface area contributed by atoms with Gasteiger partial charge in [-0.25, -0.2) is 4.99 Å². The molecule has 3 aromatic rings. The third kappa shape index (κ3) is 1.46. The van der Waals surface area contributed by atoms with Crippen molar-refractivity contribution in [2.24, 2.45) is 10.1 Å². The number of nitrogens with one attached hydrogen (secondary N) is 1. The molecule has 1 N–H and O–H groups in total. The fourth-order valence-electron chi connectivity index (χ4n) is 2.41. The van der Waals surface area contributed by atoms with E-state index in [0.717, 1.165) is 27.3 Å². The molecule has 92 valence electrons. The number of hydrogen-bond donors (Lipinski definition) is 1. The quantitative estimate of drug-likeness (QED) is 0.653. The minimum absolute atomic E-state index is 0.598. The van der Waals surface area contributed by atoms with Gasteiger partial charge < -0.3 is 9.82 Å². The minimum Gasteiger partial charge on any atom is -0.336 e. The number of fused-ring (bicyclic) bond motifs is 4. The maximum absolute atomic E-state index is 5.49. The SMILES string of the molecule is Cc1cccc2[nH]c3c(c12)N=c1ccccc1=NO3. The summed E-state index contributed by atoms with van der Waals surface area (Å²) in [4.78, 5) is 13.4. The van der Waals surface area contributed by atoms with Crippen molar-refractivity contribution >= 4 is 16.6 Å². The lowest BCUT2D eigenvalue weighted by molar-refractivity contribution is 0.317. The molecule has 0 aliphatic carbocycles. The molecule has 2 heterocycles. The molecule has 4 heteroatoms. The van der Waals surface area contributed by atoms with Crippen molar-refractivity contribution in [3.05, 3.63) is 58.7 Å². The van der Waals surface area contributed by atoms with E-state index >= 15 is 0 Å². The highest BCUT2D eigenvalue weighted by atomic mass is 16.6. The Hall–Kier alpha value is -2.62. The van der Waals surface area contributed by atoms with Crippen LogP contribution in [0.3, 0.4) is 0 Å². The van der Waals surface area contributed by atoms with Crippen LogP contribution in [0.2, 0.25) is 0 Å². The lowest BCUT2D eigenvalue weighted by Gasteiger charge is -1.96. The highest BCUT2D eigenvalue weighted by Gasteiger charge is 2.15. The van der Waals surface area contributed by atoms with E-state index < -0.39 is 0 Å². The zero-order chi connectivity index (χ0) is 12.8. The first-order valence-corrected chi connectivity index (χ1v) is 6.13. The number of benzene rings is 2. The van der Waals surface area contributed by atoms with Gasteiger partial charge in [0.05, 0.1) is 10.9 Å². The van der Waals surface area contributed by atoms with Crippen molar-refractivity contribution < 1.29 is 4.84 Å². The fraction of sp³-hybridized carbons (Fsp3) is 0.0667. The Morgan fingerprint density at radius 2 is 1.84 bits per heavy atom. The topological polar surface area (TPSA) is 49.7 Å². The summed E-state index contributed by atoms with van der Waals surface area (Å²) in [5.41, 5.74) is 3.01. The molecule has 19 heavy (non-hydrogen) atoms. The second kappa shape index (κ2) is 3.68. The monoisotopic (exact) mass is 249 g/mol. The van der Waals surface area contributed by atoms with Gasteiger partial charge in [-0.05, 0) is 30.7 Å². The first-order chi connectivity index (χ1) is 9.33. The summed E-state index contributed by atoms with van der Waals surface area (Å²) in [6.07, 6.45) is 0. The number of H-pyrrole nitrogens is 1. The fourth-order valence-corrected chi connectivity index (χ4v) is 2.41. The molecule has 1 aromatic heterocycles. The smallest absolute Gasteiger partial charge is 0.254 e. The highest BCUT2D eigenvalue weighted by molar-refractivity contribution is 5.96. The molecule has 0 atom stereocenters. The van der Waals surface area contributed by atoms with Gasteiger partial charge in [-0.2, -0.15) is 0 Å². The van der Waals surface area contributed by atoms with Crippen molar-refractivity contribution in [3.8, 4) is 5.88 Å². The van der Waals surface area contributed by atoms with Crippen LogP contribution in [0.5, 0.6) is 5.88 Å². The molecule has 4 rings (SSSR count). The summed E-state index contributed by atoms with van der Waals surface area (Å²) in [7, 11) is 0. The first-order valence-electron chi connectivity index (χ1n) is 6.13. The number of rotatable bonds is 0. The Labute approximate surface area is 109 Å². The summed E-state index contributed by atoms with van der Waals surface area (Å²) in [5.74, 6) is 0.598. The Kier molecular flexibility index (Phi) is 2.00. The van der Waals surface area contributed by atoms with Crippen LogP contribution in [0.4, 0.5) is 5.69 Å². The molecule has 1 aliphatic rings. The molecule has 2 aromatic carbocycles. The molecule has 0 fully saturated rings. The number of para-hydroxylation sites is 1. The molecule has 0 spiro atoms. The second-order valence-electron chi connectivity index (χ2n) is 4.58. The summed E-state index contributed by atoms with van der Waals surface area (Å²) >= 11 is 0. The molecule has 0 radical (unpaired) electrons. The maximum atomic E-state index is 5.49. The lowest BCUT2D eigenvalue weighted by Crippen LogP contribution is -2.24. The van der Waals surface area contributed by atoms with Gasteiger partial charge in [-0.1, -0.05) is 29.4 Å². The van der Waals surface area contributed by atoms with Gasteiger partial charge in [0.15, 0.2) is 0 Å². The van der Waals surface area contributed by atoms with Crippen LogP contribution in [-0.4, -0.2) is 4.98 Å². The van der Waals surface area contributed by atoms with E-state index in [0.29, 0.717) is 5.88 Å². The summed E-state index contributed by atoms with van der Waals surface area (Å²) < 4.78 is 0. The van der Waals surface area contributed by atoms with Gasteiger partial charge in [0.2, 0.25) is 0 Å². The molecule has 1 aliphatic heterocycles.